The molecule has 80 valence electrons. The number of hydrogen-bond acceptors (Lipinski definition) is 2. The Balaban J connectivity index is 0.000000531. The van der Waals surface area contributed by atoms with Gasteiger partial charge in [0.15, 0.2) is 0 Å². The second kappa shape index (κ2) is 5.29. The molecule has 0 aliphatic heterocycles. The number of aryl methyl sites for hydroxylation is 2. The number of aromatic nitrogens is 3. The minimum Gasteiger partial charge on any atom is -0.275 e. The van der Waals surface area contributed by atoms with Gasteiger partial charge in [-0.3, -0.25) is 9.67 Å². The van der Waals surface area contributed by atoms with Crippen molar-refractivity contribution in [2.24, 2.45) is 7.05 Å². The van der Waals surface area contributed by atoms with Gasteiger partial charge in [-0.2, -0.15) is 5.10 Å². The molecule has 0 aliphatic carbocycles. The smallest absolute Gasteiger partial charge is 0.0941 e. The molecular weight excluding hydrogens is 186 g/mol. The highest BCUT2D eigenvalue weighted by Crippen LogP contribution is 2.18. The molecule has 2 rings (SSSR count). The molecule has 0 amide bonds. The summed E-state index contributed by atoms with van der Waals surface area (Å²) < 4.78 is 1.79. The normalized spacial score (nSPS) is 9.33. The van der Waals surface area contributed by atoms with Gasteiger partial charge in [0.25, 0.3) is 0 Å². The zero-order chi connectivity index (χ0) is 11.3. The Morgan fingerprint density at radius 3 is 2.47 bits per heavy atom. The Kier molecular flexibility index (Phi) is 4.03. The summed E-state index contributed by atoms with van der Waals surface area (Å²) in [6, 6.07) is 5.95. The van der Waals surface area contributed by atoms with E-state index in [0.29, 0.717) is 0 Å². The number of rotatable bonds is 1. The Morgan fingerprint density at radius 1 is 1.20 bits per heavy atom. The summed E-state index contributed by atoms with van der Waals surface area (Å²) in [6.45, 7) is 5.99. The molecule has 2 aromatic rings. The van der Waals surface area contributed by atoms with Gasteiger partial charge in [0.1, 0.15) is 0 Å². The minimum atomic E-state index is 0.980. The highest BCUT2D eigenvalue weighted by atomic mass is 15.2. The number of nitrogens with zero attached hydrogens (tertiary/aromatic N) is 3. The zero-order valence-corrected chi connectivity index (χ0v) is 9.73. The SMILES string of the molecule is CC.Cc1ncccc1-c1ccn(C)n1. The molecule has 2 aromatic heterocycles. The lowest BCUT2D eigenvalue weighted by Crippen LogP contribution is -1.90. The fourth-order valence-electron chi connectivity index (χ4n) is 1.31. The molecule has 0 aromatic carbocycles. The van der Waals surface area contributed by atoms with E-state index in [2.05, 4.69) is 10.1 Å². The average molecular weight is 203 g/mol. The van der Waals surface area contributed by atoms with Crippen molar-refractivity contribution in [3.63, 3.8) is 0 Å². The molecule has 0 saturated carbocycles. The van der Waals surface area contributed by atoms with Crippen LogP contribution in [0.15, 0.2) is 30.6 Å². The third-order valence-corrected chi connectivity index (χ3v) is 2.00. The molecule has 0 atom stereocenters. The van der Waals surface area contributed by atoms with Crippen molar-refractivity contribution in [2.45, 2.75) is 20.8 Å². The fraction of sp³-hybridized carbons (Fsp3) is 0.333. The third-order valence-electron chi connectivity index (χ3n) is 2.00. The van der Waals surface area contributed by atoms with Crippen LogP contribution in [0.25, 0.3) is 11.3 Å². The van der Waals surface area contributed by atoms with Crippen LogP contribution in [0.5, 0.6) is 0 Å². The summed E-state index contributed by atoms with van der Waals surface area (Å²) in [5.74, 6) is 0. The fourth-order valence-corrected chi connectivity index (χ4v) is 1.31. The van der Waals surface area contributed by atoms with Crippen molar-refractivity contribution in [1.29, 1.82) is 0 Å². The summed E-state index contributed by atoms with van der Waals surface area (Å²) in [5.41, 5.74) is 3.09. The van der Waals surface area contributed by atoms with Gasteiger partial charge in [0.05, 0.1) is 5.69 Å². The van der Waals surface area contributed by atoms with E-state index >= 15 is 0 Å². The van der Waals surface area contributed by atoms with Gasteiger partial charge in [0.2, 0.25) is 0 Å². The van der Waals surface area contributed by atoms with E-state index in [0.717, 1.165) is 17.0 Å². The van der Waals surface area contributed by atoms with E-state index in [4.69, 9.17) is 0 Å². The second-order valence-electron chi connectivity index (χ2n) is 3.01. The number of hydrogen-bond donors (Lipinski definition) is 0. The third kappa shape index (κ3) is 2.65. The van der Waals surface area contributed by atoms with Gasteiger partial charge in [-0.15, -0.1) is 0 Å². The highest BCUT2D eigenvalue weighted by molar-refractivity contribution is 5.60. The largest absolute Gasteiger partial charge is 0.275 e. The van der Waals surface area contributed by atoms with E-state index in [1.54, 1.807) is 10.9 Å². The molecule has 0 aliphatic rings. The van der Waals surface area contributed by atoms with Crippen LogP contribution in [-0.4, -0.2) is 14.8 Å². The molecule has 0 fully saturated rings. The van der Waals surface area contributed by atoms with Crippen LogP contribution in [0, 0.1) is 6.92 Å². The lowest BCUT2D eigenvalue weighted by atomic mass is 10.1. The van der Waals surface area contributed by atoms with E-state index < -0.39 is 0 Å². The first-order valence-electron chi connectivity index (χ1n) is 5.19. The van der Waals surface area contributed by atoms with Crippen molar-refractivity contribution in [1.82, 2.24) is 14.8 Å². The summed E-state index contributed by atoms with van der Waals surface area (Å²) in [7, 11) is 1.91. The van der Waals surface area contributed by atoms with Crippen LogP contribution in [0.4, 0.5) is 0 Å². The molecular formula is C12H17N3. The van der Waals surface area contributed by atoms with Gasteiger partial charge in [-0.1, -0.05) is 13.8 Å². The predicted octanol–water partition coefficient (Wildman–Crippen LogP) is 2.82. The van der Waals surface area contributed by atoms with Gasteiger partial charge in [-0.05, 0) is 25.1 Å². The van der Waals surface area contributed by atoms with Gasteiger partial charge in [-0.25, -0.2) is 0 Å². The molecule has 0 unspecified atom stereocenters. The molecule has 0 radical (unpaired) electrons. The van der Waals surface area contributed by atoms with Crippen molar-refractivity contribution in [2.75, 3.05) is 0 Å². The van der Waals surface area contributed by atoms with Crippen LogP contribution in [0.3, 0.4) is 0 Å². The first-order valence-corrected chi connectivity index (χ1v) is 5.19. The maximum Gasteiger partial charge on any atom is 0.0941 e. The van der Waals surface area contributed by atoms with Crippen LogP contribution in [0.1, 0.15) is 19.5 Å². The second-order valence-corrected chi connectivity index (χ2v) is 3.01. The molecule has 0 saturated heterocycles. The molecule has 3 nitrogen and oxygen atoms in total. The average Bonchev–Trinajstić information content (AvgIpc) is 2.68. The topological polar surface area (TPSA) is 30.7 Å². The van der Waals surface area contributed by atoms with Gasteiger partial charge in [0, 0.05) is 30.7 Å². The van der Waals surface area contributed by atoms with Gasteiger partial charge >= 0.3 is 0 Å². The Morgan fingerprint density at radius 2 is 1.93 bits per heavy atom. The molecule has 0 N–H and O–H groups in total. The Bertz CT molecular complexity index is 418. The minimum absolute atomic E-state index is 0.980. The van der Waals surface area contributed by atoms with Crippen molar-refractivity contribution in [3.8, 4) is 11.3 Å². The summed E-state index contributed by atoms with van der Waals surface area (Å²) in [6.07, 6.45) is 3.73. The first-order chi connectivity index (χ1) is 7.27. The maximum absolute atomic E-state index is 4.32. The quantitative estimate of drug-likeness (QED) is 0.713. The van der Waals surface area contributed by atoms with Gasteiger partial charge < -0.3 is 0 Å². The summed E-state index contributed by atoms with van der Waals surface area (Å²) in [4.78, 5) is 4.22. The Hall–Kier alpha value is -1.64. The molecule has 3 heteroatoms. The lowest BCUT2D eigenvalue weighted by Gasteiger charge is -1.99. The van der Waals surface area contributed by atoms with E-state index in [1.165, 1.54) is 0 Å². The van der Waals surface area contributed by atoms with Crippen molar-refractivity contribution in [3.05, 3.63) is 36.3 Å². The van der Waals surface area contributed by atoms with Crippen molar-refractivity contribution >= 4 is 0 Å². The standard InChI is InChI=1S/C10H11N3.C2H6/c1-8-9(4-3-6-11-8)10-5-7-13(2)12-10;1-2/h3-7H,1-2H3;1-2H3. The number of pyridine rings is 1. The predicted molar refractivity (Wildman–Crippen MR) is 62.5 cm³/mol. The van der Waals surface area contributed by atoms with Crippen LogP contribution in [-0.2, 0) is 7.05 Å². The van der Waals surface area contributed by atoms with E-state index in [-0.39, 0.29) is 0 Å². The molecule has 0 bridgehead atoms. The maximum atomic E-state index is 4.32. The van der Waals surface area contributed by atoms with E-state index in [1.807, 2.05) is 52.2 Å². The van der Waals surface area contributed by atoms with Crippen LogP contribution < -0.4 is 0 Å². The molecule has 15 heavy (non-hydrogen) atoms. The summed E-state index contributed by atoms with van der Waals surface area (Å²) >= 11 is 0. The zero-order valence-electron chi connectivity index (χ0n) is 9.73. The Labute approximate surface area is 90.8 Å². The monoisotopic (exact) mass is 203 g/mol. The molecule has 2 heterocycles. The van der Waals surface area contributed by atoms with Crippen molar-refractivity contribution < 1.29 is 0 Å². The first kappa shape index (κ1) is 11.4. The lowest BCUT2D eigenvalue weighted by molar-refractivity contribution is 0.770. The molecule has 0 spiro atoms. The van der Waals surface area contributed by atoms with E-state index in [9.17, 15) is 0 Å². The summed E-state index contributed by atoms with van der Waals surface area (Å²) in [5, 5.41) is 4.32. The van der Waals surface area contributed by atoms with Crippen LogP contribution >= 0.6 is 0 Å². The highest BCUT2D eigenvalue weighted by Gasteiger charge is 2.03. The van der Waals surface area contributed by atoms with Crippen LogP contribution in [0.2, 0.25) is 0 Å².